The molecule has 0 saturated carbocycles. The molecule has 2 aromatic rings. The first-order chi connectivity index (χ1) is 9.39. The van der Waals surface area contributed by atoms with Gasteiger partial charge >= 0.3 is 0 Å². The van der Waals surface area contributed by atoms with Gasteiger partial charge in [0, 0.05) is 18.6 Å². The van der Waals surface area contributed by atoms with Gasteiger partial charge in [0.25, 0.3) is 0 Å². The van der Waals surface area contributed by atoms with Crippen LogP contribution in [0.1, 0.15) is 20.8 Å². The van der Waals surface area contributed by atoms with Gasteiger partial charge in [-0.15, -0.1) is 0 Å². The molecule has 0 aromatic carbocycles. The van der Waals surface area contributed by atoms with Crippen LogP contribution in [-0.4, -0.2) is 26.7 Å². The van der Waals surface area contributed by atoms with Gasteiger partial charge in [0.1, 0.15) is 0 Å². The van der Waals surface area contributed by atoms with Gasteiger partial charge < -0.3 is 11.1 Å². The van der Waals surface area contributed by atoms with Crippen molar-refractivity contribution in [3.8, 4) is 5.82 Å². The fourth-order valence-corrected chi connectivity index (χ4v) is 1.67. The second-order valence-electron chi connectivity index (χ2n) is 5.66. The lowest BCUT2D eigenvalue weighted by Gasteiger charge is -2.26. The van der Waals surface area contributed by atoms with Crippen molar-refractivity contribution < 1.29 is 4.79 Å². The Morgan fingerprint density at radius 3 is 2.70 bits per heavy atom. The van der Waals surface area contributed by atoms with E-state index in [9.17, 15) is 4.79 Å². The van der Waals surface area contributed by atoms with E-state index in [0.717, 1.165) is 0 Å². The standard InChI is InChI=1S/C14H19N5O/c1-14(2,3)11(15)13(20)18-10-6-4-7-16-12(10)19-9-5-8-17-19/h4-9,11H,15H2,1-3H3,(H,18,20)/t11-/m1/s1. The number of carbonyl (C=O) groups is 1. The van der Waals surface area contributed by atoms with Gasteiger partial charge in [-0.25, -0.2) is 9.67 Å². The highest BCUT2D eigenvalue weighted by Crippen LogP contribution is 2.21. The molecule has 0 aliphatic rings. The van der Waals surface area contributed by atoms with Gasteiger partial charge in [0.2, 0.25) is 5.91 Å². The summed E-state index contributed by atoms with van der Waals surface area (Å²) in [4.78, 5) is 16.4. The zero-order valence-corrected chi connectivity index (χ0v) is 11.9. The summed E-state index contributed by atoms with van der Waals surface area (Å²) < 4.78 is 1.60. The molecule has 2 heterocycles. The summed E-state index contributed by atoms with van der Waals surface area (Å²) in [6.45, 7) is 5.78. The molecule has 0 aliphatic carbocycles. The molecule has 20 heavy (non-hydrogen) atoms. The summed E-state index contributed by atoms with van der Waals surface area (Å²) in [6.07, 6.45) is 5.07. The normalized spacial score (nSPS) is 13.0. The lowest BCUT2D eigenvalue weighted by Crippen LogP contribution is -2.45. The molecule has 6 heteroatoms. The average Bonchev–Trinajstić information content (AvgIpc) is 2.91. The molecule has 0 bridgehead atoms. The zero-order chi connectivity index (χ0) is 14.8. The first kappa shape index (κ1) is 14.2. The summed E-state index contributed by atoms with van der Waals surface area (Å²) in [5.41, 5.74) is 6.23. The Morgan fingerprint density at radius 1 is 1.35 bits per heavy atom. The molecular formula is C14H19N5O. The Kier molecular flexibility index (Phi) is 3.85. The van der Waals surface area contributed by atoms with E-state index in [0.29, 0.717) is 11.5 Å². The lowest BCUT2D eigenvalue weighted by atomic mass is 9.87. The number of anilines is 1. The van der Waals surface area contributed by atoms with E-state index < -0.39 is 6.04 Å². The summed E-state index contributed by atoms with van der Waals surface area (Å²) in [5.74, 6) is 0.325. The van der Waals surface area contributed by atoms with Gasteiger partial charge in [0.15, 0.2) is 5.82 Å². The lowest BCUT2D eigenvalue weighted by molar-refractivity contribution is -0.119. The largest absolute Gasteiger partial charge is 0.322 e. The molecule has 106 valence electrons. The highest BCUT2D eigenvalue weighted by Gasteiger charge is 2.28. The Bertz CT molecular complexity index is 586. The smallest absolute Gasteiger partial charge is 0.241 e. The molecule has 1 atom stereocenters. The summed E-state index contributed by atoms with van der Waals surface area (Å²) in [6, 6.07) is 4.72. The van der Waals surface area contributed by atoms with Crippen LogP contribution in [0.2, 0.25) is 0 Å². The molecule has 2 aromatic heterocycles. The molecule has 0 aliphatic heterocycles. The predicted octanol–water partition coefficient (Wildman–Crippen LogP) is 1.58. The molecule has 2 rings (SSSR count). The third-order valence-corrected chi connectivity index (χ3v) is 2.98. The van der Waals surface area contributed by atoms with Gasteiger partial charge in [-0.05, 0) is 23.6 Å². The maximum atomic E-state index is 12.2. The number of carbonyl (C=O) groups excluding carboxylic acids is 1. The molecular weight excluding hydrogens is 254 g/mol. The van der Waals surface area contributed by atoms with Crippen LogP contribution in [0.25, 0.3) is 5.82 Å². The van der Waals surface area contributed by atoms with Crippen LogP contribution >= 0.6 is 0 Å². The monoisotopic (exact) mass is 273 g/mol. The van der Waals surface area contributed by atoms with E-state index in [1.54, 1.807) is 41.5 Å². The first-order valence-electron chi connectivity index (χ1n) is 6.41. The van der Waals surface area contributed by atoms with Gasteiger partial charge in [-0.2, -0.15) is 5.10 Å². The minimum Gasteiger partial charge on any atom is -0.322 e. The fraction of sp³-hybridized carbons (Fsp3) is 0.357. The average molecular weight is 273 g/mol. The summed E-state index contributed by atoms with van der Waals surface area (Å²) in [7, 11) is 0. The van der Waals surface area contributed by atoms with Crippen molar-refractivity contribution in [3.63, 3.8) is 0 Å². The number of nitrogens with two attached hydrogens (primary N) is 1. The molecule has 0 spiro atoms. The second-order valence-corrected chi connectivity index (χ2v) is 5.66. The molecule has 0 radical (unpaired) electrons. The molecule has 6 nitrogen and oxygen atoms in total. The van der Waals surface area contributed by atoms with Crippen molar-refractivity contribution >= 4 is 11.6 Å². The van der Waals surface area contributed by atoms with Crippen LogP contribution in [0, 0.1) is 5.41 Å². The van der Waals surface area contributed by atoms with Crippen molar-refractivity contribution in [2.75, 3.05) is 5.32 Å². The number of nitrogens with zero attached hydrogens (tertiary/aromatic N) is 3. The molecule has 3 N–H and O–H groups in total. The topological polar surface area (TPSA) is 85.8 Å². The van der Waals surface area contributed by atoms with E-state index in [1.165, 1.54) is 0 Å². The minimum absolute atomic E-state index is 0.237. The van der Waals surface area contributed by atoms with Crippen LogP contribution in [0.5, 0.6) is 0 Å². The van der Waals surface area contributed by atoms with Crippen molar-refractivity contribution in [2.24, 2.45) is 11.1 Å². The summed E-state index contributed by atoms with van der Waals surface area (Å²) >= 11 is 0. The van der Waals surface area contributed by atoms with Crippen LogP contribution < -0.4 is 11.1 Å². The molecule has 0 saturated heterocycles. The maximum absolute atomic E-state index is 12.2. The number of aromatic nitrogens is 3. The third-order valence-electron chi connectivity index (χ3n) is 2.98. The van der Waals surface area contributed by atoms with Crippen LogP contribution in [0.4, 0.5) is 5.69 Å². The second kappa shape index (κ2) is 5.42. The maximum Gasteiger partial charge on any atom is 0.241 e. The summed E-state index contributed by atoms with van der Waals surface area (Å²) in [5, 5.41) is 6.94. The van der Waals surface area contributed by atoms with Crippen molar-refractivity contribution in [2.45, 2.75) is 26.8 Å². The van der Waals surface area contributed by atoms with Crippen molar-refractivity contribution in [3.05, 3.63) is 36.8 Å². The van der Waals surface area contributed by atoms with Crippen molar-refractivity contribution in [1.29, 1.82) is 0 Å². The minimum atomic E-state index is -0.604. The molecule has 0 fully saturated rings. The first-order valence-corrected chi connectivity index (χ1v) is 6.41. The van der Waals surface area contributed by atoms with Gasteiger partial charge in [-0.3, -0.25) is 4.79 Å². The molecule has 1 amide bonds. The van der Waals surface area contributed by atoms with Gasteiger partial charge in [0.05, 0.1) is 11.7 Å². The number of rotatable bonds is 3. The zero-order valence-electron chi connectivity index (χ0n) is 11.9. The highest BCUT2D eigenvalue weighted by molar-refractivity contribution is 5.96. The third kappa shape index (κ3) is 3.03. The Hall–Kier alpha value is -2.21. The Balaban J connectivity index is 2.25. The SMILES string of the molecule is CC(C)(C)[C@H](N)C(=O)Nc1cccnc1-n1cccn1. The number of amides is 1. The van der Waals surface area contributed by atoms with Crippen molar-refractivity contribution in [1.82, 2.24) is 14.8 Å². The molecule has 0 unspecified atom stereocenters. The van der Waals surface area contributed by atoms with Gasteiger partial charge in [-0.1, -0.05) is 20.8 Å². The van der Waals surface area contributed by atoms with Crippen LogP contribution in [-0.2, 0) is 4.79 Å². The number of hydrogen-bond donors (Lipinski definition) is 2. The number of nitrogens with one attached hydrogen (secondary N) is 1. The highest BCUT2D eigenvalue weighted by atomic mass is 16.2. The van der Waals surface area contributed by atoms with Crippen LogP contribution in [0.3, 0.4) is 0 Å². The van der Waals surface area contributed by atoms with E-state index in [4.69, 9.17) is 5.73 Å². The Labute approximate surface area is 118 Å². The van der Waals surface area contributed by atoms with E-state index in [2.05, 4.69) is 15.4 Å². The predicted molar refractivity (Wildman–Crippen MR) is 77.4 cm³/mol. The van der Waals surface area contributed by atoms with E-state index >= 15 is 0 Å². The number of pyridine rings is 1. The number of hydrogen-bond acceptors (Lipinski definition) is 4. The van der Waals surface area contributed by atoms with Crippen LogP contribution in [0.15, 0.2) is 36.8 Å². The van der Waals surface area contributed by atoms with E-state index in [-0.39, 0.29) is 11.3 Å². The Morgan fingerprint density at radius 2 is 2.10 bits per heavy atom. The fourth-order valence-electron chi connectivity index (χ4n) is 1.67. The quantitative estimate of drug-likeness (QED) is 0.889. The van der Waals surface area contributed by atoms with E-state index in [1.807, 2.05) is 20.8 Å².